The Balaban J connectivity index is 1.50. The number of pyridine rings is 1. The van der Waals surface area contributed by atoms with Crippen molar-refractivity contribution in [2.75, 3.05) is 13.1 Å². The number of benzene rings is 1. The zero-order valence-electron chi connectivity index (χ0n) is 21.8. The van der Waals surface area contributed by atoms with Crippen LogP contribution in [0.2, 0.25) is 0 Å². The van der Waals surface area contributed by atoms with E-state index in [9.17, 15) is 28.3 Å². The van der Waals surface area contributed by atoms with Gasteiger partial charge >= 0.3 is 0 Å². The predicted molar refractivity (Wildman–Crippen MR) is 137 cm³/mol. The molecule has 3 aliphatic rings. The lowest BCUT2D eigenvalue weighted by atomic mass is 9.85. The Bertz CT molecular complexity index is 1320. The largest absolute Gasteiger partial charge is 0.503 e. The van der Waals surface area contributed by atoms with Crippen LogP contribution < -0.4 is 10.7 Å². The van der Waals surface area contributed by atoms with Crippen LogP contribution in [0.25, 0.3) is 0 Å². The first-order valence-electron chi connectivity index (χ1n) is 13.4. The van der Waals surface area contributed by atoms with Crippen molar-refractivity contribution in [2.24, 2.45) is 5.92 Å². The number of aromatic nitrogens is 1. The number of amides is 2. The molecule has 10 heteroatoms. The highest BCUT2D eigenvalue weighted by Gasteiger charge is 2.53. The van der Waals surface area contributed by atoms with Crippen LogP contribution in [0.3, 0.4) is 0 Å². The van der Waals surface area contributed by atoms with Gasteiger partial charge in [-0.25, -0.2) is 8.78 Å². The molecule has 38 heavy (non-hydrogen) atoms. The molecule has 1 unspecified atom stereocenters. The molecule has 1 aliphatic carbocycles. The van der Waals surface area contributed by atoms with Crippen LogP contribution in [0.15, 0.2) is 29.2 Å². The van der Waals surface area contributed by atoms with Gasteiger partial charge in [-0.15, -0.1) is 0 Å². The van der Waals surface area contributed by atoms with Gasteiger partial charge in [0.15, 0.2) is 11.4 Å². The number of aromatic hydroxyl groups is 1. The summed E-state index contributed by atoms with van der Waals surface area (Å²) in [6.45, 7) is 5.57. The van der Waals surface area contributed by atoms with E-state index in [-0.39, 0.29) is 29.3 Å². The number of fused-ring (bicyclic) bond motifs is 2. The molecule has 2 amide bonds. The zero-order valence-corrected chi connectivity index (χ0v) is 21.8. The number of hydrogen-bond donors (Lipinski definition) is 2. The van der Waals surface area contributed by atoms with E-state index < -0.39 is 40.3 Å². The van der Waals surface area contributed by atoms with Gasteiger partial charge in [0, 0.05) is 43.5 Å². The molecule has 2 N–H and O–H groups in total. The van der Waals surface area contributed by atoms with Crippen LogP contribution in [0.1, 0.15) is 78.8 Å². The fourth-order valence-corrected chi connectivity index (χ4v) is 6.53. The van der Waals surface area contributed by atoms with Gasteiger partial charge in [-0.1, -0.05) is 39.2 Å². The quantitative estimate of drug-likeness (QED) is 0.619. The summed E-state index contributed by atoms with van der Waals surface area (Å²) in [7, 11) is 0. The number of nitrogens with one attached hydrogen (secondary N) is 1. The molecule has 1 saturated heterocycles. The first kappa shape index (κ1) is 26.3. The van der Waals surface area contributed by atoms with Gasteiger partial charge in [0.1, 0.15) is 22.9 Å². The van der Waals surface area contributed by atoms with E-state index in [1.54, 1.807) is 0 Å². The Labute approximate surface area is 220 Å². The van der Waals surface area contributed by atoms with Crippen molar-refractivity contribution < 1.29 is 23.5 Å². The Morgan fingerprint density at radius 2 is 1.89 bits per heavy atom. The van der Waals surface area contributed by atoms with Crippen LogP contribution in [0.5, 0.6) is 5.75 Å². The molecule has 0 radical (unpaired) electrons. The lowest BCUT2D eigenvalue weighted by Crippen LogP contribution is -2.73. The van der Waals surface area contributed by atoms with Crippen molar-refractivity contribution in [3.8, 4) is 5.75 Å². The molecule has 1 aromatic heterocycles. The molecule has 0 bridgehead atoms. The highest BCUT2D eigenvalue weighted by molar-refractivity contribution is 5.99. The molecular formula is C28H34F2N4O4. The van der Waals surface area contributed by atoms with E-state index in [0.717, 1.165) is 38.3 Å². The maximum Gasteiger partial charge on any atom is 0.276 e. The van der Waals surface area contributed by atoms with Gasteiger partial charge in [0.2, 0.25) is 5.43 Å². The van der Waals surface area contributed by atoms with E-state index in [0.29, 0.717) is 31.6 Å². The van der Waals surface area contributed by atoms with Crippen molar-refractivity contribution in [1.82, 2.24) is 19.7 Å². The summed E-state index contributed by atoms with van der Waals surface area (Å²) in [4.78, 5) is 44.1. The van der Waals surface area contributed by atoms with Crippen molar-refractivity contribution in [2.45, 2.75) is 77.2 Å². The first-order chi connectivity index (χ1) is 18.2. The molecule has 5 rings (SSSR count). The van der Waals surface area contributed by atoms with E-state index in [4.69, 9.17) is 0 Å². The van der Waals surface area contributed by atoms with E-state index in [1.165, 1.54) is 23.3 Å². The lowest BCUT2D eigenvalue weighted by Gasteiger charge is -2.60. The number of rotatable bonds is 5. The minimum Gasteiger partial charge on any atom is -0.503 e. The molecule has 2 fully saturated rings. The number of hydrogen-bond acceptors (Lipinski definition) is 5. The van der Waals surface area contributed by atoms with Crippen LogP contribution in [-0.2, 0) is 13.1 Å². The molecule has 2 aliphatic heterocycles. The highest BCUT2D eigenvalue weighted by atomic mass is 19.1. The molecular weight excluding hydrogens is 494 g/mol. The second-order valence-corrected chi connectivity index (χ2v) is 10.9. The first-order valence-corrected chi connectivity index (χ1v) is 13.4. The molecule has 0 spiro atoms. The summed E-state index contributed by atoms with van der Waals surface area (Å²) in [5.41, 5.74) is -1.99. The van der Waals surface area contributed by atoms with Crippen molar-refractivity contribution in [3.63, 3.8) is 0 Å². The number of carbonyl (C=O) groups is 2. The fraction of sp³-hybridized carbons (Fsp3) is 0.536. The molecule has 1 saturated carbocycles. The Hall–Kier alpha value is -3.27. The monoisotopic (exact) mass is 528 g/mol. The summed E-state index contributed by atoms with van der Waals surface area (Å²) in [6, 6.07) is 3.34. The summed E-state index contributed by atoms with van der Waals surface area (Å²) < 4.78 is 28.8. The van der Waals surface area contributed by atoms with Crippen LogP contribution in [0, 0.1) is 17.6 Å². The van der Waals surface area contributed by atoms with E-state index in [1.807, 2.05) is 11.8 Å². The second kappa shape index (κ2) is 10.1. The van der Waals surface area contributed by atoms with Crippen molar-refractivity contribution in [3.05, 3.63) is 63.1 Å². The van der Waals surface area contributed by atoms with Gasteiger partial charge in [0.25, 0.3) is 11.8 Å². The van der Waals surface area contributed by atoms with Gasteiger partial charge in [-0.05, 0) is 31.2 Å². The van der Waals surface area contributed by atoms with Gasteiger partial charge in [-0.3, -0.25) is 19.3 Å². The zero-order chi connectivity index (χ0) is 27.2. The van der Waals surface area contributed by atoms with Crippen molar-refractivity contribution in [1.29, 1.82) is 0 Å². The fourth-order valence-electron chi connectivity index (χ4n) is 6.53. The minimum absolute atomic E-state index is 0.0530. The highest BCUT2D eigenvalue weighted by Crippen LogP contribution is 2.42. The standard InChI is InChI=1S/C28H34F2N4O4/c1-3-28-16-32-15-21(26(37)31-12-18-9-10-19(29)11-22(18)30)24(35)25(36)23(32)27(38)34(28)14-17(2)13-33(28)20-7-5-4-6-8-20/h9-11,15,17,20,36H,3-8,12-14,16H2,1-2H3,(H,31,37)/t17-,28?/m1/s1. The number of carbonyl (C=O) groups excluding carboxylic acids is 2. The third kappa shape index (κ3) is 4.38. The maximum atomic E-state index is 14.0. The molecule has 3 heterocycles. The maximum absolute atomic E-state index is 14.0. The third-order valence-electron chi connectivity index (χ3n) is 8.45. The van der Waals surface area contributed by atoms with Crippen LogP contribution in [-0.4, -0.2) is 56.1 Å². The second-order valence-electron chi connectivity index (χ2n) is 10.9. The Kier molecular flexibility index (Phi) is 7.02. The molecule has 2 aromatic rings. The van der Waals surface area contributed by atoms with Crippen LogP contribution in [0.4, 0.5) is 8.78 Å². The third-order valence-corrected chi connectivity index (χ3v) is 8.45. The summed E-state index contributed by atoms with van der Waals surface area (Å²) in [5, 5.41) is 13.3. The Morgan fingerprint density at radius 1 is 1.16 bits per heavy atom. The summed E-state index contributed by atoms with van der Waals surface area (Å²) in [5.74, 6) is -3.31. The number of halogens is 2. The SMILES string of the molecule is CCC12Cn3cc(C(=O)NCc4ccc(F)cc4F)c(=O)c(O)c3C(=O)N1C[C@H](C)CN2C1CCCCC1. The smallest absolute Gasteiger partial charge is 0.276 e. The molecule has 2 atom stereocenters. The molecule has 8 nitrogen and oxygen atoms in total. The normalized spacial score (nSPS) is 24.2. The van der Waals surface area contributed by atoms with E-state index in [2.05, 4.69) is 17.1 Å². The summed E-state index contributed by atoms with van der Waals surface area (Å²) in [6.07, 6.45) is 7.61. The molecule has 1 aromatic carbocycles. The van der Waals surface area contributed by atoms with E-state index >= 15 is 0 Å². The average molecular weight is 529 g/mol. The predicted octanol–water partition coefficient (Wildman–Crippen LogP) is 3.61. The van der Waals surface area contributed by atoms with Gasteiger partial charge in [-0.2, -0.15) is 0 Å². The summed E-state index contributed by atoms with van der Waals surface area (Å²) >= 11 is 0. The molecule has 204 valence electrons. The van der Waals surface area contributed by atoms with Crippen LogP contribution >= 0.6 is 0 Å². The number of nitrogens with zero attached hydrogens (tertiary/aromatic N) is 3. The lowest BCUT2D eigenvalue weighted by molar-refractivity contribution is -0.131. The average Bonchev–Trinajstić information content (AvgIpc) is 2.90. The van der Waals surface area contributed by atoms with Gasteiger partial charge in [0.05, 0.1) is 6.54 Å². The van der Waals surface area contributed by atoms with Crippen molar-refractivity contribution >= 4 is 11.8 Å². The Morgan fingerprint density at radius 3 is 2.58 bits per heavy atom. The topological polar surface area (TPSA) is 94.9 Å². The van der Waals surface area contributed by atoms with Gasteiger partial charge < -0.3 is 19.9 Å². The minimum atomic E-state index is -0.958.